The maximum Gasteiger partial charge on any atom is 0.287 e. The third-order valence-electron chi connectivity index (χ3n) is 5.07. The number of rotatable bonds is 5. The molecular formula is C23H22N2O3. The summed E-state index contributed by atoms with van der Waals surface area (Å²) in [6.07, 6.45) is 2.71. The molecule has 1 aliphatic rings. The van der Waals surface area contributed by atoms with Crippen molar-refractivity contribution in [3.63, 3.8) is 0 Å². The highest BCUT2D eigenvalue weighted by Crippen LogP contribution is 2.20. The molecule has 0 spiro atoms. The number of fused-ring (bicyclic) bond motifs is 1. The Morgan fingerprint density at radius 3 is 2.46 bits per heavy atom. The molecule has 3 aromatic rings. The zero-order valence-electron chi connectivity index (χ0n) is 15.5. The Labute approximate surface area is 164 Å². The highest BCUT2D eigenvalue weighted by molar-refractivity contribution is 5.95. The Bertz CT molecular complexity index is 951. The van der Waals surface area contributed by atoms with E-state index in [9.17, 15) is 9.59 Å². The number of hydrogen-bond donors (Lipinski definition) is 1. The van der Waals surface area contributed by atoms with Gasteiger partial charge in [0.05, 0.1) is 6.26 Å². The van der Waals surface area contributed by atoms with Crippen molar-refractivity contribution in [2.45, 2.75) is 25.4 Å². The molecule has 5 nitrogen and oxygen atoms in total. The molecule has 1 atom stereocenters. The molecule has 0 unspecified atom stereocenters. The second-order valence-electron chi connectivity index (χ2n) is 6.97. The summed E-state index contributed by atoms with van der Waals surface area (Å²) in [5, 5.41) is 2.87. The van der Waals surface area contributed by atoms with Gasteiger partial charge in [-0.3, -0.25) is 9.59 Å². The Balaban J connectivity index is 1.54. The van der Waals surface area contributed by atoms with E-state index in [2.05, 4.69) is 17.4 Å². The second-order valence-corrected chi connectivity index (χ2v) is 6.97. The van der Waals surface area contributed by atoms with Crippen molar-refractivity contribution in [2.24, 2.45) is 0 Å². The van der Waals surface area contributed by atoms with Crippen LogP contribution in [-0.4, -0.2) is 29.3 Å². The van der Waals surface area contributed by atoms with Crippen molar-refractivity contribution >= 4 is 11.8 Å². The molecular weight excluding hydrogens is 352 g/mol. The summed E-state index contributed by atoms with van der Waals surface area (Å²) in [7, 11) is 0. The van der Waals surface area contributed by atoms with E-state index in [4.69, 9.17) is 4.42 Å². The summed E-state index contributed by atoms with van der Waals surface area (Å²) < 4.78 is 5.18. The Morgan fingerprint density at radius 2 is 1.71 bits per heavy atom. The lowest BCUT2D eigenvalue weighted by molar-refractivity contribution is -0.134. The fraction of sp³-hybridized carbons (Fsp3) is 0.217. The van der Waals surface area contributed by atoms with E-state index >= 15 is 0 Å². The first-order valence-electron chi connectivity index (χ1n) is 9.44. The normalized spacial score (nSPS) is 14.2. The van der Waals surface area contributed by atoms with Gasteiger partial charge in [-0.1, -0.05) is 54.6 Å². The van der Waals surface area contributed by atoms with E-state index in [0.29, 0.717) is 19.5 Å². The van der Waals surface area contributed by atoms with Crippen LogP contribution in [0.25, 0.3) is 0 Å². The van der Waals surface area contributed by atoms with Crippen molar-refractivity contribution in [3.05, 3.63) is 95.4 Å². The van der Waals surface area contributed by atoms with Gasteiger partial charge in [0.25, 0.3) is 5.91 Å². The van der Waals surface area contributed by atoms with E-state index in [0.717, 1.165) is 17.5 Å². The Hall–Kier alpha value is -3.34. The van der Waals surface area contributed by atoms with Gasteiger partial charge in [-0.25, -0.2) is 0 Å². The molecule has 0 saturated carbocycles. The highest BCUT2D eigenvalue weighted by Gasteiger charge is 2.29. The van der Waals surface area contributed by atoms with Gasteiger partial charge < -0.3 is 14.6 Å². The summed E-state index contributed by atoms with van der Waals surface area (Å²) in [5.74, 6) is -0.246. The fourth-order valence-corrected chi connectivity index (χ4v) is 3.59. The molecule has 2 heterocycles. The fourth-order valence-electron chi connectivity index (χ4n) is 3.59. The SMILES string of the molecule is O=C(N[C@H](Cc1ccccc1)C(=O)N1CCc2ccccc2C1)c1ccco1. The third kappa shape index (κ3) is 3.98. The van der Waals surface area contributed by atoms with Gasteiger partial charge in [0.15, 0.2) is 5.76 Å². The number of carbonyl (C=O) groups is 2. The van der Waals surface area contributed by atoms with Crippen LogP contribution in [0.4, 0.5) is 0 Å². The summed E-state index contributed by atoms with van der Waals surface area (Å²) in [5.41, 5.74) is 3.45. The minimum absolute atomic E-state index is 0.0711. The zero-order valence-corrected chi connectivity index (χ0v) is 15.5. The molecule has 0 saturated heterocycles. The predicted molar refractivity (Wildman–Crippen MR) is 106 cm³/mol. The minimum atomic E-state index is -0.648. The topological polar surface area (TPSA) is 62.6 Å². The van der Waals surface area contributed by atoms with E-state index in [1.165, 1.54) is 11.8 Å². The molecule has 0 aliphatic carbocycles. The number of nitrogens with zero attached hydrogens (tertiary/aromatic N) is 1. The zero-order chi connectivity index (χ0) is 19.3. The number of carbonyl (C=O) groups excluding carboxylic acids is 2. The van der Waals surface area contributed by atoms with Gasteiger partial charge in [-0.2, -0.15) is 0 Å². The smallest absolute Gasteiger partial charge is 0.287 e. The minimum Gasteiger partial charge on any atom is -0.459 e. The van der Waals surface area contributed by atoms with Gasteiger partial charge in [0.2, 0.25) is 5.91 Å². The average Bonchev–Trinajstić information content (AvgIpc) is 3.28. The molecule has 5 heteroatoms. The van der Waals surface area contributed by atoms with E-state index in [1.54, 1.807) is 12.1 Å². The van der Waals surface area contributed by atoms with Crippen LogP contribution < -0.4 is 5.32 Å². The molecule has 2 amide bonds. The highest BCUT2D eigenvalue weighted by atomic mass is 16.3. The summed E-state index contributed by atoms with van der Waals surface area (Å²) >= 11 is 0. The third-order valence-corrected chi connectivity index (χ3v) is 5.07. The van der Waals surface area contributed by atoms with Crippen molar-refractivity contribution in [2.75, 3.05) is 6.54 Å². The molecule has 0 bridgehead atoms. The van der Waals surface area contributed by atoms with Crippen LogP contribution in [0.2, 0.25) is 0 Å². The van der Waals surface area contributed by atoms with E-state index in [1.807, 2.05) is 47.4 Å². The summed E-state index contributed by atoms with van der Waals surface area (Å²) in [4.78, 5) is 27.6. The van der Waals surface area contributed by atoms with Crippen LogP contribution in [0.3, 0.4) is 0 Å². The predicted octanol–water partition coefficient (Wildman–Crippen LogP) is 3.21. The van der Waals surface area contributed by atoms with Gasteiger partial charge in [-0.15, -0.1) is 0 Å². The number of nitrogens with one attached hydrogen (secondary N) is 1. The van der Waals surface area contributed by atoms with E-state index in [-0.39, 0.29) is 17.6 Å². The monoisotopic (exact) mass is 374 g/mol. The molecule has 1 aliphatic heterocycles. The molecule has 142 valence electrons. The molecule has 0 radical (unpaired) electrons. The molecule has 1 aromatic heterocycles. The average molecular weight is 374 g/mol. The van der Waals surface area contributed by atoms with Crippen LogP contribution in [0, 0.1) is 0 Å². The quantitative estimate of drug-likeness (QED) is 0.746. The van der Waals surface area contributed by atoms with Crippen molar-refractivity contribution < 1.29 is 14.0 Å². The molecule has 1 N–H and O–H groups in total. The largest absolute Gasteiger partial charge is 0.459 e. The molecule has 28 heavy (non-hydrogen) atoms. The first-order valence-corrected chi connectivity index (χ1v) is 9.44. The number of hydrogen-bond acceptors (Lipinski definition) is 3. The van der Waals surface area contributed by atoms with Gasteiger partial charge >= 0.3 is 0 Å². The standard InChI is InChI=1S/C23H22N2O3/c26-22(21-11-6-14-28-21)24-20(15-17-7-2-1-3-8-17)23(27)25-13-12-18-9-4-5-10-19(18)16-25/h1-11,14,20H,12-13,15-16H2,(H,24,26)/t20-/m1/s1. The Morgan fingerprint density at radius 1 is 0.964 bits per heavy atom. The van der Waals surface area contributed by atoms with Gasteiger partial charge in [0, 0.05) is 19.5 Å². The van der Waals surface area contributed by atoms with Crippen molar-refractivity contribution in [3.8, 4) is 0 Å². The maximum atomic E-state index is 13.3. The van der Waals surface area contributed by atoms with Crippen LogP contribution in [0.15, 0.2) is 77.4 Å². The molecule has 4 rings (SSSR count). The van der Waals surface area contributed by atoms with E-state index < -0.39 is 6.04 Å². The molecule has 2 aromatic carbocycles. The van der Waals surface area contributed by atoms with Crippen molar-refractivity contribution in [1.82, 2.24) is 10.2 Å². The number of amides is 2. The first kappa shape index (κ1) is 18.0. The lowest BCUT2D eigenvalue weighted by atomic mass is 9.98. The van der Waals surface area contributed by atoms with Crippen molar-refractivity contribution in [1.29, 1.82) is 0 Å². The van der Waals surface area contributed by atoms with Crippen LogP contribution in [0.1, 0.15) is 27.2 Å². The van der Waals surface area contributed by atoms with Gasteiger partial charge in [0.1, 0.15) is 6.04 Å². The van der Waals surface area contributed by atoms with Crippen LogP contribution >= 0.6 is 0 Å². The van der Waals surface area contributed by atoms with Gasteiger partial charge in [-0.05, 0) is 35.2 Å². The summed E-state index contributed by atoms with van der Waals surface area (Å²) in [6.45, 7) is 1.22. The second kappa shape index (κ2) is 8.13. The molecule has 0 fully saturated rings. The van der Waals surface area contributed by atoms with Crippen LogP contribution in [-0.2, 0) is 24.2 Å². The summed E-state index contributed by atoms with van der Waals surface area (Å²) in [6, 6.07) is 20.5. The Kier molecular flexibility index (Phi) is 5.24. The number of furan rings is 1. The first-order chi connectivity index (χ1) is 13.7. The maximum absolute atomic E-state index is 13.3. The van der Waals surface area contributed by atoms with Crippen LogP contribution in [0.5, 0.6) is 0 Å². The number of benzene rings is 2. The lowest BCUT2D eigenvalue weighted by Gasteiger charge is -2.32. The lowest BCUT2D eigenvalue weighted by Crippen LogP contribution is -2.50.